The van der Waals surface area contributed by atoms with Gasteiger partial charge in [0.05, 0.1) is 6.61 Å². The monoisotopic (exact) mass is 225 g/mol. The molecule has 0 fully saturated rings. The van der Waals surface area contributed by atoms with Crippen molar-refractivity contribution in [3.05, 3.63) is 35.9 Å². The summed E-state index contributed by atoms with van der Waals surface area (Å²) in [6, 6.07) is 8.10. The Morgan fingerprint density at radius 2 is 1.88 bits per heavy atom. The van der Waals surface area contributed by atoms with E-state index in [-0.39, 0.29) is 5.84 Å². The molecule has 1 aromatic carbocycles. The number of carboxylic acids is 1. The average Bonchev–Trinajstić information content (AvgIpc) is 2.29. The molecule has 0 bridgehead atoms. The molecule has 0 saturated heterocycles. The van der Waals surface area contributed by atoms with Crippen LogP contribution in [0.3, 0.4) is 0 Å². The van der Waals surface area contributed by atoms with Gasteiger partial charge in [-0.1, -0.05) is 30.3 Å². The molecule has 0 amide bonds. The molecule has 0 unspecified atom stereocenters. The minimum Gasteiger partial charge on any atom is -0.480 e. The molecule has 7 N–H and O–H groups in total. The van der Waals surface area contributed by atoms with Crippen molar-refractivity contribution < 1.29 is 15.0 Å². The molecular weight excluding hydrogens is 210 g/mol. The number of amidine groups is 1. The first kappa shape index (κ1) is 14.1. The lowest BCUT2D eigenvalue weighted by atomic mass is 10.2. The Hall–Kier alpha value is -1.92. The van der Waals surface area contributed by atoms with Gasteiger partial charge in [0.15, 0.2) is 0 Å². The van der Waals surface area contributed by atoms with Gasteiger partial charge in [0.1, 0.15) is 11.9 Å². The standard InChI is InChI=1S/C7H8N2.C3H7NO3/c8-7(9)6-4-2-1-3-5-6;4-2(1-5)3(6)7/h1-5H,(H3,8,9);2,5H,1,4H2,(H,6,7)/t;2-/m.0/s1. The SMILES string of the molecule is N=C(N)c1ccccc1.N[C@@H](CO)C(=O)O. The van der Waals surface area contributed by atoms with Gasteiger partial charge in [0, 0.05) is 5.56 Å². The minimum absolute atomic E-state index is 0.121. The van der Waals surface area contributed by atoms with Crippen molar-refractivity contribution in [2.45, 2.75) is 6.04 Å². The van der Waals surface area contributed by atoms with Crippen molar-refractivity contribution in [1.82, 2.24) is 0 Å². The quantitative estimate of drug-likeness (QED) is 0.344. The number of nitrogen functional groups attached to an aromatic ring is 1. The van der Waals surface area contributed by atoms with Crippen LogP contribution in [0.2, 0.25) is 0 Å². The number of benzene rings is 1. The zero-order chi connectivity index (χ0) is 12.6. The van der Waals surface area contributed by atoms with Gasteiger partial charge in [-0.05, 0) is 0 Å². The highest BCUT2D eigenvalue weighted by molar-refractivity contribution is 5.94. The molecule has 0 aliphatic carbocycles. The minimum atomic E-state index is -1.18. The molecule has 0 spiro atoms. The van der Waals surface area contributed by atoms with Crippen molar-refractivity contribution in [2.24, 2.45) is 11.5 Å². The van der Waals surface area contributed by atoms with Crippen LogP contribution >= 0.6 is 0 Å². The Morgan fingerprint density at radius 3 is 2.06 bits per heavy atom. The summed E-state index contributed by atoms with van der Waals surface area (Å²) in [6.45, 7) is -0.505. The number of hydrogen-bond acceptors (Lipinski definition) is 4. The fraction of sp³-hybridized carbons (Fsp3) is 0.200. The summed E-state index contributed by atoms with van der Waals surface area (Å²) in [7, 11) is 0. The van der Waals surface area contributed by atoms with Gasteiger partial charge < -0.3 is 21.7 Å². The molecule has 0 aliphatic heterocycles. The molecule has 16 heavy (non-hydrogen) atoms. The summed E-state index contributed by atoms with van der Waals surface area (Å²) in [6.07, 6.45) is 0. The van der Waals surface area contributed by atoms with Crippen LogP contribution in [0.15, 0.2) is 30.3 Å². The number of nitrogens with one attached hydrogen (secondary N) is 1. The lowest BCUT2D eigenvalue weighted by Gasteiger charge is -1.96. The zero-order valence-electron chi connectivity index (χ0n) is 8.63. The van der Waals surface area contributed by atoms with Crippen LogP contribution in [-0.2, 0) is 4.79 Å². The highest BCUT2D eigenvalue weighted by atomic mass is 16.4. The van der Waals surface area contributed by atoms with E-state index in [9.17, 15) is 4.79 Å². The highest BCUT2D eigenvalue weighted by Gasteiger charge is 2.06. The van der Waals surface area contributed by atoms with Gasteiger partial charge in [-0.2, -0.15) is 0 Å². The molecule has 1 aromatic rings. The van der Waals surface area contributed by atoms with Crippen molar-refractivity contribution in [2.75, 3.05) is 6.61 Å². The molecule has 0 aliphatic rings. The Morgan fingerprint density at radius 1 is 1.38 bits per heavy atom. The Labute approximate surface area is 93.0 Å². The van der Waals surface area contributed by atoms with E-state index in [1.54, 1.807) is 0 Å². The summed E-state index contributed by atoms with van der Waals surface area (Å²) < 4.78 is 0. The maximum absolute atomic E-state index is 9.65. The third-order valence-corrected chi connectivity index (χ3v) is 1.60. The second-order valence-electron chi connectivity index (χ2n) is 2.91. The summed E-state index contributed by atoms with van der Waals surface area (Å²) in [5, 5.41) is 22.9. The summed E-state index contributed by atoms with van der Waals surface area (Å²) >= 11 is 0. The summed E-state index contributed by atoms with van der Waals surface area (Å²) in [5.41, 5.74) is 10.7. The fourth-order valence-corrected chi connectivity index (χ4v) is 0.696. The molecule has 6 heteroatoms. The van der Waals surface area contributed by atoms with Crippen LogP contribution in [0.5, 0.6) is 0 Å². The molecular formula is C10H15N3O3. The first-order valence-electron chi connectivity index (χ1n) is 4.47. The van der Waals surface area contributed by atoms with Crippen LogP contribution in [-0.4, -0.2) is 34.7 Å². The van der Waals surface area contributed by atoms with E-state index in [4.69, 9.17) is 27.1 Å². The van der Waals surface area contributed by atoms with Crippen molar-refractivity contribution in [1.29, 1.82) is 5.41 Å². The number of rotatable bonds is 3. The summed E-state index contributed by atoms with van der Waals surface area (Å²) in [5.74, 6) is -1.06. The first-order valence-corrected chi connectivity index (χ1v) is 4.47. The number of nitrogens with two attached hydrogens (primary N) is 2. The normalized spacial score (nSPS) is 10.9. The van der Waals surface area contributed by atoms with E-state index >= 15 is 0 Å². The topological polar surface area (TPSA) is 133 Å². The molecule has 0 radical (unpaired) electrons. The lowest BCUT2D eigenvalue weighted by Crippen LogP contribution is -2.33. The van der Waals surface area contributed by atoms with E-state index in [2.05, 4.69) is 0 Å². The van der Waals surface area contributed by atoms with Gasteiger partial charge in [-0.3, -0.25) is 10.2 Å². The zero-order valence-corrected chi connectivity index (χ0v) is 8.63. The van der Waals surface area contributed by atoms with Crippen molar-refractivity contribution in [3.63, 3.8) is 0 Å². The Kier molecular flexibility index (Phi) is 6.50. The molecule has 6 nitrogen and oxygen atoms in total. The molecule has 0 heterocycles. The van der Waals surface area contributed by atoms with E-state index in [0.29, 0.717) is 0 Å². The van der Waals surface area contributed by atoms with E-state index < -0.39 is 18.6 Å². The third-order valence-electron chi connectivity index (χ3n) is 1.60. The molecule has 0 aromatic heterocycles. The van der Waals surface area contributed by atoms with Gasteiger partial charge in [-0.15, -0.1) is 0 Å². The van der Waals surface area contributed by atoms with Crippen LogP contribution < -0.4 is 11.5 Å². The number of aliphatic hydroxyl groups is 1. The maximum atomic E-state index is 9.65. The first-order chi connectivity index (χ1) is 7.49. The molecule has 88 valence electrons. The fourth-order valence-electron chi connectivity index (χ4n) is 0.696. The molecule has 1 rings (SSSR count). The van der Waals surface area contributed by atoms with Crippen molar-refractivity contribution in [3.8, 4) is 0 Å². The Balaban J connectivity index is 0.000000293. The van der Waals surface area contributed by atoms with E-state index in [1.165, 1.54) is 0 Å². The van der Waals surface area contributed by atoms with Crippen molar-refractivity contribution >= 4 is 11.8 Å². The number of carboxylic acid groups (broad SMARTS) is 1. The second-order valence-corrected chi connectivity index (χ2v) is 2.91. The number of carbonyl (C=O) groups is 1. The molecule has 1 atom stereocenters. The number of hydrogen-bond donors (Lipinski definition) is 5. The lowest BCUT2D eigenvalue weighted by molar-refractivity contribution is -0.139. The summed E-state index contributed by atoms with van der Waals surface area (Å²) in [4.78, 5) is 9.65. The number of aliphatic carboxylic acids is 1. The predicted octanol–water partition coefficient (Wildman–Crippen LogP) is -0.639. The third kappa shape index (κ3) is 5.74. The van der Waals surface area contributed by atoms with E-state index in [1.807, 2.05) is 30.3 Å². The molecule has 0 saturated carbocycles. The van der Waals surface area contributed by atoms with Crippen LogP contribution in [0.1, 0.15) is 5.56 Å². The smallest absolute Gasteiger partial charge is 0.322 e. The van der Waals surface area contributed by atoms with Crippen LogP contribution in [0.4, 0.5) is 0 Å². The predicted molar refractivity (Wildman–Crippen MR) is 60.2 cm³/mol. The largest absolute Gasteiger partial charge is 0.480 e. The number of aliphatic hydroxyl groups excluding tert-OH is 1. The Bertz CT molecular complexity index is 340. The van der Waals surface area contributed by atoms with E-state index in [0.717, 1.165) is 5.56 Å². The van der Waals surface area contributed by atoms with Gasteiger partial charge >= 0.3 is 5.97 Å². The van der Waals surface area contributed by atoms with Crippen LogP contribution in [0, 0.1) is 5.41 Å². The maximum Gasteiger partial charge on any atom is 0.322 e. The van der Waals surface area contributed by atoms with Gasteiger partial charge in [0.25, 0.3) is 0 Å². The average molecular weight is 225 g/mol. The highest BCUT2D eigenvalue weighted by Crippen LogP contribution is 1.94. The van der Waals surface area contributed by atoms with Gasteiger partial charge in [0.2, 0.25) is 0 Å². The van der Waals surface area contributed by atoms with Crippen LogP contribution in [0.25, 0.3) is 0 Å². The van der Waals surface area contributed by atoms with Gasteiger partial charge in [-0.25, -0.2) is 0 Å². The second kappa shape index (κ2) is 7.38.